The number of hydrogen-bond donors (Lipinski definition) is 0. The van der Waals surface area contributed by atoms with Crippen molar-refractivity contribution in [3.05, 3.63) is 52.8 Å². The highest BCUT2D eigenvalue weighted by Crippen LogP contribution is 2.18. The Balaban J connectivity index is 2.19. The molecule has 0 aliphatic rings. The highest BCUT2D eigenvalue weighted by atomic mass is 35.5. The van der Waals surface area contributed by atoms with Crippen LogP contribution in [0.3, 0.4) is 0 Å². The molecule has 0 fully saturated rings. The minimum atomic E-state index is -0.0705. The van der Waals surface area contributed by atoms with Gasteiger partial charge in [0.2, 0.25) is 0 Å². The number of ketones is 1. The third-order valence-electron chi connectivity index (χ3n) is 2.41. The summed E-state index contributed by atoms with van der Waals surface area (Å²) < 4.78 is 0. The minimum absolute atomic E-state index is 0.0705. The Morgan fingerprint density at radius 3 is 2.67 bits per heavy atom. The predicted molar refractivity (Wildman–Crippen MR) is 73.3 cm³/mol. The number of aromatic nitrogens is 2. The third-order valence-corrected chi connectivity index (χ3v) is 3.26. The van der Waals surface area contributed by atoms with Crippen molar-refractivity contribution in [1.82, 2.24) is 9.97 Å². The summed E-state index contributed by atoms with van der Waals surface area (Å²) in [6.07, 6.45) is 3.66. The molecule has 0 saturated heterocycles. The van der Waals surface area contributed by atoms with Crippen molar-refractivity contribution in [2.24, 2.45) is 0 Å². The number of halogens is 1. The molecule has 0 radical (unpaired) electrons. The first-order chi connectivity index (χ1) is 8.70. The molecule has 18 heavy (non-hydrogen) atoms. The van der Waals surface area contributed by atoms with Crippen LogP contribution in [0, 0.1) is 0 Å². The zero-order valence-corrected chi connectivity index (χ0v) is 11.3. The molecular formula is C13H11ClN2OS. The summed E-state index contributed by atoms with van der Waals surface area (Å²) in [6.45, 7) is 0. The number of carbonyl (C=O) groups excluding carboxylic acids is 1. The molecule has 0 N–H and O–H groups in total. The number of rotatable bonds is 4. The summed E-state index contributed by atoms with van der Waals surface area (Å²) in [5.74, 6) is -0.0705. The van der Waals surface area contributed by atoms with Gasteiger partial charge in [-0.25, -0.2) is 9.97 Å². The van der Waals surface area contributed by atoms with Crippen molar-refractivity contribution in [3.63, 3.8) is 0 Å². The van der Waals surface area contributed by atoms with E-state index in [9.17, 15) is 4.79 Å². The Morgan fingerprint density at radius 1 is 1.33 bits per heavy atom. The van der Waals surface area contributed by atoms with Gasteiger partial charge in [0.05, 0.1) is 5.56 Å². The van der Waals surface area contributed by atoms with Crippen LogP contribution in [0.5, 0.6) is 0 Å². The maximum absolute atomic E-state index is 12.1. The molecule has 2 aromatic rings. The topological polar surface area (TPSA) is 42.9 Å². The van der Waals surface area contributed by atoms with E-state index >= 15 is 0 Å². The molecule has 5 heteroatoms. The van der Waals surface area contributed by atoms with E-state index in [2.05, 4.69) is 9.97 Å². The summed E-state index contributed by atoms with van der Waals surface area (Å²) >= 11 is 7.37. The molecule has 0 atom stereocenters. The van der Waals surface area contributed by atoms with Gasteiger partial charge in [0, 0.05) is 12.6 Å². The van der Waals surface area contributed by atoms with Crippen LogP contribution in [-0.4, -0.2) is 22.0 Å². The standard InChI is InChI=1S/C13H11ClN2OS/c1-18-13-15-8-10(12(14)16-13)11(17)7-9-5-3-2-4-6-9/h2-6,8H,7H2,1H3. The second kappa shape index (κ2) is 5.98. The maximum Gasteiger partial charge on any atom is 0.188 e. The summed E-state index contributed by atoms with van der Waals surface area (Å²) in [7, 11) is 0. The second-order valence-electron chi connectivity index (χ2n) is 3.65. The van der Waals surface area contributed by atoms with Gasteiger partial charge in [0.1, 0.15) is 5.15 Å². The van der Waals surface area contributed by atoms with Crippen molar-refractivity contribution in [2.45, 2.75) is 11.6 Å². The zero-order valence-electron chi connectivity index (χ0n) is 9.76. The van der Waals surface area contributed by atoms with Crippen LogP contribution in [0.2, 0.25) is 5.15 Å². The van der Waals surface area contributed by atoms with E-state index in [0.29, 0.717) is 17.1 Å². The zero-order chi connectivity index (χ0) is 13.0. The fourth-order valence-electron chi connectivity index (χ4n) is 1.51. The summed E-state index contributed by atoms with van der Waals surface area (Å²) in [5.41, 5.74) is 1.32. The van der Waals surface area contributed by atoms with Crippen molar-refractivity contribution in [3.8, 4) is 0 Å². The number of carbonyl (C=O) groups is 1. The summed E-state index contributed by atoms with van der Waals surface area (Å²) in [4.78, 5) is 20.2. The first-order valence-corrected chi connectivity index (χ1v) is 6.94. The molecule has 0 spiro atoms. The lowest BCUT2D eigenvalue weighted by Crippen LogP contribution is -2.06. The predicted octanol–water partition coefficient (Wildman–Crippen LogP) is 3.28. The Kier molecular flexibility index (Phi) is 4.33. The summed E-state index contributed by atoms with van der Waals surface area (Å²) in [6, 6.07) is 9.53. The molecule has 92 valence electrons. The van der Waals surface area contributed by atoms with Gasteiger partial charge >= 0.3 is 0 Å². The Morgan fingerprint density at radius 2 is 2.06 bits per heavy atom. The summed E-state index contributed by atoms with van der Waals surface area (Å²) in [5, 5.41) is 0.784. The molecule has 1 heterocycles. The Labute approximate surface area is 115 Å². The van der Waals surface area contributed by atoms with E-state index in [1.807, 2.05) is 36.6 Å². The lowest BCUT2D eigenvalue weighted by atomic mass is 10.1. The molecule has 0 saturated carbocycles. The van der Waals surface area contributed by atoms with Gasteiger partial charge in [-0.2, -0.15) is 0 Å². The minimum Gasteiger partial charge on any atom is -0.294 e. The first-order valence-electron chi connectivity index (χ1n) is 5.34. The molecule has 0 aliphatic heterocycles. The van der Waals surface area contributed by atoms with Crippen LogP contribution >= 0.6 is 23.4 Å². The molecule has 2 rings (SSSR count). The number of Topliss-reactive ketones (excluding diaryl/α,β-unsaturated/α-hetero) is 1. The molecule has 3 nitrogen and oxygen atoms in total. The van der Waals surface area contributed by atoms with Crippen molar-refractivity contribution in [2.75, 3.05) is 6.26 Å². The monoisotopic (exact) mass is 278 g/mol. The second-order valence-corrected chi connectivity index (χ2v) is 4.78. The van der Waals surface area contributed by atoms with Crippen LogP contribution in [0.1, 0.15) is 15.9 Å². The van der Waals surface area contributed by atoms with Crippen LogP contribution in [-0.2, 0) is 6.42 Å². The largest absolute Gasteiger partial charge is 0.294 e. The van der Waals surface area contributed by atoms with Gasteiger partial charge in [-0.15, -0.1) is 0 Å². The molecule has 1 aromatic carbocycles. The maximum atomic E-state index is 12.1. The van der Waals surface area contributed by atoms with Crippen LogP contribution < -0.4 is 0 Å². The van der Waals surface area contributed by atoms with Gasteiger partial charge in [-0.1, -0.05) is 53.7 Å². The molecule has 1 aromatic heterocycles. The number of benzene rings is 1. The molecule has 0 amide bonds. The quantitative estimate of drug-likeness (QED) is 0.373. The smallest absolute Gasteiger partial charge is 0.188 e. The number of thioether (sulfide) groups is 1. The van der Waals surface area contributed by atoms with Crippen molar-refractivity contribution < 1.29 is 4.79 Å². The SMILES string of the molecule is CSc1ncc(C(=O)Cc2ccccc2)c(Cl)n1. The number of nitrogens with zero attached hydrogens (tertiary/aromatic N) is 2. The highest BCUT2D eigenvalue weighted by molar-refractivity contribution is 7.98. The van der Waals surface area contributed by atoms with Gasteiger partial charge in [0.15, 0.2) is 10.9 Å². The average Bonchev–Trinajstić information content (AvgIpc) is 2.39. The molecule has 0 aliphatic carbocycles. The van der Waals surface area contributed by atoms with Gasteiger partial charge < -0.3 is 0 Å². The fourth-order valence-corrected chi connectivity index (χ4v) is 2.13. The molecular weight excluding hydrogens is 268 g/mol. The Hall–Kier alpha value is -1.39. The van der Waals surface area contributed by atoms with E-state index in [4.69, 9.17) is 11.6 Å². The van der Waals surface area contributed by atoms with Crippen molar-refractivity contribution in [1.29, 1.82) is 0 Å². The lowest BCUT2D eigenvalue weighted by molar-refractivity contribution is 0.0992. The van der Waals surface area contributed by atoms with E-state index in [1.54, 1.807) is 0 Å². The van der Waals surface area contributed by atoms with Crippen LogP contribution in [0.25, 0.3) is 0 Å². The lowest BCUT2D eigenvalue weighted by Gasteiger charge is -2.04. The Bertz CT molecular complexity index is 560. The molecule has 0 unspecified atom stereocenters. The van der Waals surface area contributed by atoms with Crippen molar-refractivity contribution >= 4 is 29.1 Å². The van der Waals surface area contributed by atoms with E-state index < -0.39 is 0 Å². The van der Waals surface area contributed by atoms with Gasteiger partial charge in [0.25, 0.3) is 0 Å². The molecule has 0 bridgehead atoms. The normalized spacial score (nSPS) is 10.3. The first kappa shape index (κ1) is 13.1. The van der Waals surface area contributed by atoms with Crippen LogP contribution in [0.15, 0.2) is 41.7 Å². The van der Waals surface area contributed by atoms with E-state index in [-0.39, 0.29) is 10.9 Å². The third kappa shape index (κ3) is 3.09. The fraction of sp³-hybridized carbons (Fsp3) is 0.154. The van der Waals surface area contributed by atoms with Gasteiger partial charge in [-0.05, 0) is 11.8 Å². The van der Waals surface area contributed by atoms with Gasteiger partial charge in [-0.3, -0.25) is 4.79 Å². The van der Waals surface area contributed by atoms with Crippen LogP contribution in [0.4, 0.5) is 0 Å². The number of hydrogen-bond acceptors (Lipinski definition) is 4. The average molecular weight is 279 g/mol. The van der Waals surface area contributed by atoms with E-state index in [1.165, 1.54) is 18.0 Å². The van der Waals surface area contributed by atoms with E-state index in [0.717, 1.165) is 5.56 Å². The highest BCUT2D eigenvalue weighted by Gasteiger charge is 2.13.